The Balaban J connectivity index is 5.97. The van der Waals surface area contributed by atoms with Crippen molar-refractivity contribution in [2.75, 3.05) is 144 Å². The molecule has 0 saturated heterocycles. The molecule has 0 aliphatic heterocycles. The molecular formula is C30H67N5O14. The molecule has 0 radical (unpaired) electrons. The summed E-state index contributed by atoms with van der Waals surface area (Å²) in [5, 5.41) is 136. The fourth-order valence-electron chi connectivity index (χ4n) is 5.13. The molecule has 0 aromatic rings. The summed E-state index contributed by atoms with van der Waals surface area (Å²) in [6.07, 6.45) is -7.18. The van der Waals surface area contributed by atoms with E-state index in [1.54, 1.807) is 9.80 Å². The van der Waals surface area contributed by atoms with Gasteiger partial charge in [-0.3, -0.25) is 24.5 Å². The van der Waals surface area contributed by atoms with Gasteiger partial charge in [-0.2, -0.15) is 0 Å². The van der Waals surface area contributed by atoms with Gasteiger partial charge in [-0.25, -0.2) is 0 Å². The SMILES string of the molecule is OCC(O)CCN(CCN(CCN(CCN(CC(O)CO)CC(O)CO)CC(O)CO)CCN(CC(O)CO)CC(O)CO)CC(O)CO. The summed E-state index contributed by atoms with van der Waals surface area (Å²) in [6.45, 7) is -0.00168. The van der Waals surface area contributed by atoms with Crippen molar-refractivity contribution in [3.63, 3.8) is 0 Å². The lowest BCUT2D eigenvalue weighted by atomic mass is 10.2. The van der Waals surface area contributed by atoms with Crippen LogP contribution in [0.2, 0.25) is 0 Å². The Hall–Kier alpha value is -0.760. The Morgan fingerprint density at radius 3 is 0.714 bits per heavy atom. The van der Waals surface area contributed by atoms with Gasteiger partial charge in [-0.1, -0.05) is 0 Å². The Labute approximate surface area is 289 Å². The van der Waals surface area contributed by atoms with Gasteiger partial charge in [0.05, 0.1) is 89.0 Å². The molecule has 19 nitrogen and oxygen atoms in total. The first-order chi connectivity index (χ1) is 23.3. The molecule has 14 N–H and O–H groups in total. The molecule has 0 heterocycles. The van der Waals surface area contributed by atoms with Crippen LogP contribution in [0, 0.1) is 0 Å². The van der Waals surface area contributed by atoms with E-state index in [1.807, 2.05) is 14.7 Å². The van der Waals surface area contributed by atoms with Crippen molar-refractivity contribution in [1.82, 2.24) is 24.5 Å². The van der Waals surface area contributed by atoms with Gasteiger partial charge in [-0.05, 0) is 6.42 Å². The fraction of sp³-hybridized carbons (Fsp3) is 1.00. The van der Waals surface area contributed by atoms with Crippen molar-refractivity contribution in [3.05, 3.63) is 0 Å². The summed E-state index contributed by atoms with van der Waals surface area (Å²) in [5.74, 6) is 0. The average molecular weight is 722 g/mol. The van der Waals surface area contributed by atoms with Gasteiger partial charge < -0.3 is 71.5 Å². The summed E-state index contributed by atoms with van der Waals surface area (Å²) >= 11 is 0. The number of aliphatic hydroxyl groups is 14. The van der Waals surface area contributed by atoms with Gasteiger partial charge in [0, 0.05) is 98.2 Å². The van der Waals surface area contributed by atoms with Gasteiger partial charge in [-0.15, -0.1) is 0 Å². The monoisotopic (exact) mass is 721 g/mol. The highest BCUT2D eigenvalue weighted by Crippen LogP contribution is 2.05. The number of aliphatic hydroxyl groups excluding tert-OH is 14. The topological polar surface area (TPSA) is 299 Å². The highest BCUT2D eigenvalue weighted by Gasteiger charge is 2.21. The number of hydrogen-bond donors (Lipinski definition) is 14. The second-order valence-electron chi connectivity index (χ2n) is 12.6. The lowest BCUT2D eigenvalue weighted by molar-refractivity contribution is 0.0123. The van der Waals surface area contributed by atoms with Crippen LogP contribution in [-0.4, -0.2) is 283 Å². The molecule has 0 aromatic carbocycles. The number of hydrogen-bond acceptors (Lipinski definition) is 19. The maximum atomic E-state index is 10.3. The third-order valence-electron chi connectivity index (χ3n) is 8.00. The highest BCUT2D eigenvalue weighted by atomic mass is 16.3. The first-order valence-electron chi connectivity index (χ1n) is 17.0. The van der Waals surface area contributed by atoms with Crippen molar-refractivity contribution in [3.8, 4) is 0 Å². The largest absolute Gasteiger partial charge is 0.394 e. The molecule has 7 atom stereocenters. The van der Waals surface area contributed by atoms with Crippen LogP contribution in [0.1, 0.15) is 6.42 Å². The summed E-state index contributed by atoms with van der Waals surface area (Å²) in [5.41, 5.74) is 0. The van der Waals surface area contributed by atoms with E-state index in [0.29, 0.717) is 52.4 Å². The van der Waals surface area contributed by atoms with Crippen LogP contribution in [-0.2, 0) is 0 Å². The predicted molar refractivity (Wildman–Crippen MR) is 178 cm³/mol. The Morgan fingerprint density at radius 2 is 0.449 bits per heavy atom. The lowest BCUT2D eigenvalue weighted by Crippen LogP contribution is -2.49. The molecule has 0 aromatic heterocycles. The van der Waals surface area contributed by atoms with E-state index < -0.39 is 89.0 Å². The number of nitrogens with zero attached hydrogens (tertiary/aromatic N) is 5. The van der Waals surface area contributed by atoms with Crippen LogP contribution in [0.4, 0.5) is 0 Å². The zero-order valence-electron chi connectivity index (χ0n) is 28.8. The third kappa shape index (κ3) is 25.0. The first kappa shape index (κ1) is 48.2. The van der Waals surface area contributed by atoms with Crippen LogP contribution in [0.3, 0.4) is 0 Å². The number of rotatable bonds is 34. The minimum Gasteiger partial charge on any atom is -0.394 e. The molecule has 296 valence electrons. The fourth-order valence-corrected chi connectivity index (χ4v) is 5.13. The summed E-state index contributed by atoms with van der Waals surface area (Å²) in [4.78, 5) is 9.10. The molecule has 0 rings (SSSR count). The molecule has 7 unspecified atom stereocenters. The summed E-state index contributed by atoms with van der Waals surface area (Å²) < 4.78 is 0. The first-order valence-corrected chi connectivity index (χ1v) is 17.0. The second-order valence-corrected chi connectivity index (χ2v) is 12.6. The van der Waals surface area contributed by atoms with Crippen molar-refractivity contribution < 1.29 is 71.5 Å². The molecule has 49 heavy (non-hydrogen) atoms. The maximum Gasteiger partial charge on any atom is 0.0897 e. The predicted octanol–water partition coefficient (Wildman–Crippen LogP) is -8.64. The van der Waals surface area contributed by atoms with Crippen LogP contribution >= 0.6 is 0 Å². The molecule has 0 aliphatic carbocycles. The Bertz CT molecular complexity index is 733. The van der Waals surface area contributed by atoms with E-state index >= 15 is 0 Å². The molecule has 0 bridgehead atoms. The zero-order chi connectivity index (χ0) is 37.2. The smallest absolute Gasteiger partial charge is 0.0897 e. The van der Waals surface area contributed by atoms with Gasteiger partial charge >= 0.3 is 0 Å². The van der Waals surface area contributed by atoms with Crippen molar-refractivity contribution in [2.24, 2.45) is 0 Å². The minimum atomic E-state index is -1.08. The molecule has 0 aliphatic rings. The summed E-state index contributed by atoms with van der Waals surface area (Å²) in [6, 6.07) is 0. The van der Waals surface area contributed by atoms with E-state index in [-0.39, 0.29) is 52.2 Å². The van der Waals surface area contributed by atoms with Crippen LogP contribution in [0.5, 0.6) is 0 Å². The standard InChI is InChI=1S/C30H67N5O14/c36-17-24(43)1-2-32(11-25(44)18-37)6-3-31(5-9-34(13-27(46)20-39)14-28(47)21-40)4-7-33(12-26(45)19-38)8-10-35(15-29(48)22-41)16-30(49)23-42/h24-30,36-49H,1-23H2. The van der Waals surface area contributed by atoms with Crippen molar-refractivity contribution >= 4 is 0 Å². The van der Waals surface area contributed by atoms with Gasteiger partial charge in [0.15, 0.2) is 0 Å². The van der Waals surface area contributed by atoms with Gasteiger partial charge in [0.2, 0.25) is 0 Å². The molecule has 0 saturated carbocycles. The lowest BCUT2D eigenvalue weighted by Gasteiger charge is -2.34. The Kier molecular flexibility index (Phi) is 29.3. The molecule has 0 spiro atoms. The van der Waals surface area contributed by atoms with E-state index in [1.165, 1.54) is 0 Å². The normalized spacial score (nSPS) is 17.0. The van der Waals surface area contributed by atoms with E-state index in [9.17, 15) is 71.5 Å². The third-order valence-corrected chi connectivity index (χ3v) is 8.00. The molecule has 0 amide bonds. The van der Waals surface area contributed by atoms with E-state index in [2.05, 4.69) is 0 Å². The van der Waals surface area contributed by atoms with Gasteiger partial charge in [0.25, 0.3) is 0 Å². The van der Waals surface area contributed by atoms with Crippen LogP contribution in [0.25, 0.3) is 0 Å². The molecular weight excluding hydrogens is 654 g/mol. The molecule has 19 heteroatoms. The highest BCUT2D eigenvalue weighted by molar-refractivity contribution is 4.76. The quantitative estimate of drug-likeness (QED) is 0.0293. The maximum absolute atomic E-state index is 10.3. The van der Waals surface area contributed by atoms with Crippen molar-refractivity contribution in [1.29, 1.82) is 0 Å². The van der Waals surface area contributed by atoms with E-state index in [0.717, 1.165) is 0 Å². The summed E-state index contributed by atoms with van der Waals surface area (Å²) in [7, 11) is 0. The minimum absolute atomic E-state index is 0.0196. The van der Waals surface area contributed by atoms with Crippen LogP contribution in [0.15, 0.2) is 0 Å². The van der Waals surface area contributed by atoms with E-state index in [4.69, 9.17) is 0 Å². The Morgan fingerprint density at radius 1 is 0.245 bits per heavy atom. The van der Waals surface area contributed by atoms with Crippen LogP contribution < -0.4 is 0 Å². The molecule has 0 fully saturated rings. The zero-order valence-corrected chi connectivity index (χ0v) is 28.8. The van der Waals surface area contributed by atoms with Gasteiger partial charge in [0.1, 0.15) is 0 Å². The average Bonchev–Trinajstić information content (AvgIpc) is 3.10. The van der Waals surface area contributed by atoms with Crippen molar-refractivity contribution in [2.45, 2.75) is 49.1 Å². The second kappa shape index (κ2) is 29.8.